The Kier molecular flexibility index (Phi) is 6.23. The highest BCUT2D eigenvalue weighted by Crippen LogP contribution is 2.53. The second-order valence-corrected chi connectivity index (χ2v) is 14.4. The minimum atomic E-state index is -0.180. The molecule has 0 fully saturated rings. The molecule has 5 nitrogen and oxygen atoms in total. The van der Waals surface area contributed by atoms with Gasteiger partial charge in [0.25, 0.3) is 0 Å². The molecule has 3 heterocycles. The van der Waals surface area contributed by atoms with Crippen molar-refractivity contribution in [3.8, 4) is 51.0 Å². The molecule has 7 aromatic carbocycles. The standard InChI is InChI=1S/C48H32N4O/c1-48(2)39-23-9-6-18-32(39)35-26-27-36-33-19-7-10-24-40(33)52(43(36)42(35)48)31-17-12-16-30(28-31)46-49-45(29-14-4-3-5-15-29)50-47(51-46)38-22-13-21-37-34-20-8-11-25-41(34)53-44(37)38/h3-28H,1-2H3. The quantitative estimate of drug-likeness (QED) is 0.186. The topological polar surface area (TPSA) is 56.7 Å². The van der Waals surface area contributed by atoms with Crippen molar-refractivity contribution in [1.82, 2.24) is 19.5 Å². The van der Waals surface area contributed by atoms with E-state index in [1.165, 1.54) is 38.5 Å². The van der Waals surface area contributed by atoms with Crippen molar-refractivity contribution in [3.63, 3.8) is 0 Å². The van der Waals surface area contributed by atoms with Gasteiger partial charge in [0.1, 0.15) is 11.2 Å². The number of rotatable bonds is 4. The van der Waals surface area contributed by atoms with Crippen LogP contribution < -0.4 is 0 Å². The number of hydrogen-bond acceptors (Lipinski definition) is 4. The molecule has 0 amide bonds. The average Bonchev–Trinajstić information content (AvgIpc) is 3.84. The molecule has 10 aromatic rings. The molecule has 0 saturated heterocycles. The van der Waals surface area contributed by atoms with Crippen LogP contribution in [0.1, 0.15) is 25.0 Å². The number of benzene rings is 7. The number of furan rings is 1. The van der Waals surface area contributed by atoms with Gasteiger partial charge in [0.2, 0.25) is 0 Å². The van der Waals surface area contributed by atoms with E-state index in [0.717, 1.165) is 49.8 Å². The second-order valence-electron chi connectivity index (χ2n) is 14.4. The maximum Gasteiger partial charge on any atom is 0.167 e. The van der Waals surface area contributed by atoms with E-state index in [2.05, 4.69) is 115 Å². The van der Waals surface area contributed by atoms with Crippen molar-refractivity contribution in [3.05, 3.63) is 169 Å². The van der Waals surface area contributed by atoms with Gasteiger partial charge in [0.15, 0.2) is 17.5 Å². The minimum absolute atomic E-state index is 0.180. The van der Waals surface area contributed by atoms with Crippen LogP contribution in [0, 0.1) is 0 Å². The number of hydrogen-bond donors (Lipinski definition) is 0. The first kappa shape index (κ1) is 29.8. The monoisotopic (exact) mass is 680 g/mol. The summed E-state index contributed by atoms with van der Waals surface area (Å²) in [6.45, 7) is 4.71. The fraction of sp³-hybridized carbons (Fsp3) is 0.0625. The first-order chi connectivity index (χ1) is 26.0. The van der Waals surface area contributed by atoms with Gasteiger partial charge in [-0.15, -0.1) is 0 Å². The highest BCUT2D eigenvalue weighted by Gasteiger charge is 2.38. The number of aromatic nitrogens is 4. The summed E-state index contributed by atoms with van der Waals surface area (Å²) in [7, 11) is 0. The summed E-state index contributed by atoms with van der Waals surface area (Å²) in [4.78, 5) is 15.4. The molecule has 0 bridgehead atoms. The number of nitrogens with zero attached hydrogens (tertiary/aromatic N) is 4. The molecule has 0 unspecified atom stereocenters. The molecule has 5 heteroatoms. The Morgan fingerprint density at radius 1 is 0.491 bits per heavy atom. The number of para-hydroxylation sites is 3. The molecule has 0 saturated carbocycles. The fourth-order valence-corrected chi connectivity index (χ4v) is 8.63. The van der Waals surface area contributed by atoms with Crippen molar-refractivity contribution in [1.29, 1.82) is 0 Å². The molecule has 250 valence electrons. The summed E-state index contributed by atoms with van der Waals surface area (Å²) < 4.78 is 8.89. The van der Waals surface area contributed by atoms with Crippen LogP contribution in [0.5, 0.6) is 0 Å². The molecule has 11 rings (SSSR count). The molecular weight excluding hydrogens is 649 g/mol. The number of fused-ring (bicyclic) bond motifs is 10. The average molecular weight is 681 g/mol. The van der Waals surface area contributed by atoms with Crippen LogP contribution in [0.2, 0.25) is 0 Å². The van der Waals surface area contributed by atoms with E-state index in [1.807, 2.05) is 60.7 Å². The van der Waals surface area contributed by atoms with Gasteiger partial charge in [-0.2, -0.15) is 0 Å². The largest absolute Gasteiger partial charge is 0.455 e. The Balaban J connectivity index is 1.15. The summed E-state index contributed by atoms with van der Waals surface area (Å²) >= 11 is 0. The molecule has 0 aliphatic heterocycles. The van der Waals surface area contributed by atoms with Crippen LogP contribution in [0.25, 0.3) is 94.7 Å². The van der Waals surface area contributed by atoms with Crippen LogP contribution in [0.4, 0.5) is 0 Å². The maximum absolute atomic E-state index is 6.45. The normalized spacial score (nSPS) is 13.2. The van der Waals surface area contributed by atoms with E-state index in [-0.39, 0.29) is 5.41 Å². The van der Waals surface area contributed by atoms with E-state index < -0.39 is 0 Å². The zero-order valence-electron chi connectivity index (χ0n) is 29.2. The zero-order chi connectivity index (χ0) is 35.3. The van der Waals surface area contributed by atoms with E-state index in [0.29, 0.717) is 17.5 Å². The lowest BCUT2D eigenvalue weighted by atomic mass is 9.81. The summed E-state index contributed by atoms with van der Waals surface area (Å²) in [5, 5.41) is 4.58. The first-order valence-electron chi connectivity index (χ1n) is 18.0. The lowest BCUT2D eigenvalue weighted by molar-refractivity contribution is 0.664. The van der Waals surface area contributed by atoms with Crippen LogP contribution >= 0.6 is 0 Å². The van der Waals surface area contributed by atoms with E-state index >= 15 is 0 Å². The molecule has 0 atom stereocenters. The van der Waals surface area contributed by atoms with Gasteiger partial charge >= 0.3 is 0 Å². The second kappa shape index (κ2) is 11.1. The van der Waals surface area contributed by atoms with E-state index in [4.69, 9.17) is 19.4 Å². The SMILES string of the molecule is CC1(C)c2ccccc2-c2ccc3c4ccccc4n(-c4cccc(-c5nc(-c6ccccc6)nc(-c6cccc7c6oc6ccccc67)n5)c4)c3c21. The Hall–Kier alpha value is -6.85. The third kappa shape index (κ3) is 4.34. The predicted octanol–water partition coefficient (Wildman–Crippen LogP) is 12.2. The Morgan fingerprint density at radius 3 is 2.04 bits per heavy atom. The highest BCUT2D eigenvalue weighted by atomic mass is 16.3. The van der Waals surface area contributed by atoms with E-state index in [1.54, 1.807) is 0 Å². The summed E-state index contributed by atoms with van der Waals surface area (Å²) in [5.41, 5.74) is 12.9. The molecule has 0 spiro atoms. The van der Waals surface area contributed by atoms with Crippen molar-refractivity contribution in [2.75, 3.05) is 0 Å². The zero-order valence-corrected chi connectivity index (χ0v) is 29.2. The van der Waals surface area contributed by atoms with Gasteiger partial charge < -0.3 is 8.98 Å². The fourth-order valence-electron chi connectivity index (χ4n) is 8.63. The maximum atomic E-state index is 6.45. The van der Waals surface area contributed by atoms with Gasteiger partial charge in [-0.3, -0.25) is 0 Å². The van der Waals surface area contributed by atoms with Crippen LogP contribution in [0.3, 0.4) is 0 Å². The smallest absolute Gasteiger partial charge is 0.167 e. The summed E-state index contributed by atoms with van der Waals surface area (Å²) in [5.74, 6) is 1.78. The molecule has 1 aliphatic rings. The Labute approximate surface area is 305 Å². The molecule has 1 aliphatic carbocycles. The van der Waals surface area contributed by atoms with Crippen molar-refractivity contribution >= 4 is 43.7 Å². The predicted molar refractivity (Wildman–Crippen MR) is 215 cm³/mol. The lowest BCUT2D eigenvalue weighted by Gasteiger charge is -2.23. The van der Waals surface area contributed by atoms with Gasteiger partial charge in [-0.25, -0.2) is 15.0 Å². The van der Waals surface area contributed by atoms with E-state index in [9.17, 15) is 0 Å². The van der Waals surface area contributed by atoms with Crippen LogP contribution in [-0.4, -0.2) is 19.5 Å². The van der Waals surface area contributed by atoms with Crippen molar-refractivity contribution < 1.29 is 4.42 Å². The van der Waals surface area contributed by atoms with Crippen molar-refractivity contribution in [2.45, 2.75) is 19.3 Å². The van der Waals surface area contributed by atoms with Crippen LogP contribution in [-0.2, 0) is 5.41 Å². The van der Waals surface area contributed by atoms with Crippen LogP contribution in [0.15, 0.2) is 162 Å². The summed E-state index contributed by atoms with van der Waals surface area (Å²) in [6.07, 6.45) is 0. The molecule has 3 aromatic heterocycles. The third-order valence-corrected chi connectivity index (χ3v) is 11.0. The van der Waals surface area contributed by atoms with Gasteiger partial charge in [0.05, 0.1) is 16.6 Å². The lowest BCUT2D eigenvalue weighted by Crippen LogP contribution is -2.16. The highest BCUT2D eigenvalue weighted by molar-refractivity contribution is 6.13. The van der Waals surface area contributed by atoms with Gasteiger partial charge in [-0.1, -0.05) is 141 Å². The van der Waals surface area contributed by atoms with Crippen molar-refractivity contribution in [2.24, 2.45) is 0 Å². The first-order valence-corrected chi connectivity index (χ1v) is 18.0. The van der Waals surface area contributed by atoms with Gasteiger partial charge in [0, 0.05) is 43.8 Å². The molecule has 53 heavy (non-hydrogen) atoms. The minimum Gasteiger partial charge on any atom is -0.455 e. The van der Waals surface area contributed by atoms with Gasteiger partial charge in [-0.05, 0) is 52.6 Å². The Bertz CT molecular complexity index is 3100. The molecule has 0 N–H and O–H groups in total. The molecule has 0 radical (unpaired) electrons. The summed E-state index contributed by atoms with van der Waals surface area (Å²) in [6, 6.07) is 55.2. The third-order valence-electron chi connectivity index (χ3n) is 11.0. The Morgan fingerprint density at radius 2 is 1.15 bits per heavy atom. The molecular formula is C48H32N4O.